The summed E-state index contributed by atoms with van der Waals surface area (Å²) in [5, 5.41) is 2.77. The number of para-hydroxylation sites is 1. The van der Waals surface area contributed by atoms with E-state index in [1.54, 1.807) is 24.4 Å². The van der Waals surface area contributed by atoms with Crippen LogP contribution < -0.4 is 9.84 Å². The monoisotopic (exact) mass is 640 g/mol. The van der Waals surface area contributed by atoms with Gasteiger partial charge in [-0.1, -0.05) is 93.9 Å². The van der Waals surface area contributed by atoms with Gasteiger partial charge in [-0.3, -0.25) is 19.3 Å². The van der Waals surface area contributed by atoms with Gasteiger partial charge in [0, 0.05) is 27.9 Å². The second kappa shape index (κ2) is 15.6. The topological polar surface area (TPSA) is 96.0 Å². The van der Waals surface area contributed by atoms with E-state index < -0.39 is 30.1 Å². The summed E-state index contributed by atoms with van der Waals surface area (Å²) in [5.74, 6) is 0.326. The fourth-order valence-corrected chi connectivity index (χ4v) is 6.84. The summed E-state index contributed by atoms with van der Waals surface area (Å²) in [4.78, 5) is 17.2. The van der Waals surface area contributed by atoms with E-state index in [2.05, 4.69) is 49.6 Å². The quantitative estimate of drug-likeness (QED) is 0.131. The average Bonchev–Trinajstić information content (AvgIpc) is 2.92. The Morgan fingerprint density at radius 1 is 0.860 bits per heavy atom. The van der Waals surface area contributed by atoms with Crippen molar-refractivity contribution in [1.82, 2.24) is 4.98 Å². The molecule has 3 rings (SSSR count). The van der Waals surface area contributed by atoms with Crippen LogP contribution in [-0.4, -0.2) is 40.4 Å². The predicted molar refractivity (Wildman–Crippen MR) is 181 cm³/mol. The van der Waals surface area contributed by atoms with Gasteiger partial charge in [-0.15, -0.1) is 0 Å². The molecule has 43 heavy (non-hydrogen) atoms. The van der Waals surface area contributed by atoms with Gasteiger partial charge in [0.1, 0.15) is 12.4 Å². The number of carbonyl (C=O) groups excluding carboxylic acids is 1. The third-order valence-electron chi connectivity index (χ3n) is 6.37. The molecule has 8 nitrogen and oxygen atoms in total. The smallest absolute Gasteiger partial charge is 0.444 e. The number of nitrogens with zero attached hydrogens (tertiary/aromatic N) is 1. The highest BCUT2D eigenvalue weighted by atomic mass is 31.2. The van der Waals surface area contributed by atoms with Crippen molar-refractivity contribution in [1.29, 1.82) is 0 Å². The Balaban J connectivity index is 1.72. The molecule has 1 N–H and O–H groups in total. The lowest BCUT2D eigenvalue weighted by Crippen LogP contribution is -2.23. The standard InChI is InChI=1S/C32H45N2O6PSi2/c1-26-13-11-16-28(31(26)40-41(36,38-21-23-42(2,3)4)39-22-24-43(5,6)7)25-37-32(35)34-30-17-12-20-33-29(30)19-18-27-14-9-8-10-15-27/h8-20H,21-25H2,1-7H3,(H,34,35). The molecule has 3 aromatic rings. The molecule has 11 heteroatoms. The second-order valence-electron chi connectivity index (χ2n) is 12.8. The zero-order valence-electron chi connectivity index (χ0n) is 26.4. The number of anilines is 1. The fourth-order valence-electron chi connectivity index (χ4n) is 3.77. The van der Waals surface area contributed by atoms with Crippen LogP contribution in [-0.2, 0) is 25.0 Å². The van der Waals surface area contributed by atoms with Crippen LogP contribution in [0.3, 0.4) is 0 Å². The molecule has 0 atom stereocenters. The summed E-state index contributed by atoms with van der Waals surface area (Å²) in [6, 6.07) is 20.4. The molecule has 0 bridgehead atoms. The van der Waals surface area contributed by atoms with Gasteiger partial charge in [0.2, 0.25) is 0 Å². The van der Waals surface area contributed by atoms with Crippen LogP contribution in [0.5, 0.6) is 5.75 Å². The normalized spacial score (nSPS) is 12.3. The molecule has 232 valence electrons. The molecule has 0 saturated carbocycles. The number of carbonyl (C=O) groups is 1. The van der Waals surface area contributed by atoms with Gasteiger partial charge in [-0.2, -0.15) is 0 Å². The summed E-state index contributed by atoms with van der Waals surface area (Å²) in [7, 11) is -6.82. The summed E-state index contributed by atoms with van der Waals surface area (Å²) < 4.78 is 37.2. The number of amides is 1. The largest absolute Gasteiger partial charge is 0.530 e. The lowest BCUT2D eigenvalue weighted by molar-refractivity contribution is 0.151. The van der Waals surface area contributed by atoms with E-state index in [4.69, 9.17) is 18.3 Å². The van der Waals surface area contributed by atoms with E-state index in [9.17, 15) is 9.36 Å². The maximum absolute atomic E-state index is 13.9. The first-order valence-electron chi connectivity index (χ1n) is 14.5. The molecule has 0 unspecified atom stereocenters. The van der Waals surface area contributed by atoms with Gasteiger partial charge in [-0.25, -0.2) is 9.36 Å². The van der Waals surface area contributed by atoms with Crippen molar-refractivity contribution >= 4 is 47.9 Å². The van der Waals surface area contributed by atoms with Gasteiger partial charge in [-0.05, 0) is 48.3 Å². The highest BCUT2D eigenvalue weighted by Crippen LogP contribution is 2.51. The molecule has 1 aromatic heterocycles. The maximum atomic E-state index is 13.9. The molecule has 0 radical (unpaired) electrons. The minimum Gasteiger partial charge on any atom is -0.444 e. The van der Waals surface area contributed by atoms with E-state index >= 15 is 0 Å². The molecule has 1 heterocycles. The highest BCUT2D eigenvalue weighted by molar-refractivity contribution is 7.49. The minimum absolute atomic E-state index is 0.109. The van der Waals surface area contributed by atoms with Gasteiger partial charge in [0.15, 0.2) is 0 Å². The second-order valence-corrected chi connectivity index (χ2v) is 25.6. The Hall–Kier alpha value is -3.02. The Morgan fingerprint density at radius 2 is 1.51 bits per heavy atom. The number of hydrogen-bond acceptors (Lipinski definition) is 7. The highest BCUT2D eigenvalue weighted by Gasteiger charge is 2.32. The third kappa shape index (κ3) is 12.6. The van der Waals surface area contributed by atoms with Gasteiger partial charge in [0.25, 0.3) is 0 Å². The molecule has 0 fully saturated rings. The van der Waals surface area contributed by atoms with Crippen LogP contribution in [0.2, 0.25) is 51.4 Å². The Bertz CT molecular complexity index is 1400. The Morgan fingerprint density at radius 3 is 2.14 bits per heavy atom. The molecular weight excluding hydrogens is 596 g/mol. The number of phosphoric ester groups is 1. The van der Waals surface area contributed by atoms with Gasteiger partial charge in [0.05, 0.1) is 24.6 Å². The number of pyridine rings is 1. The lowest BCUT2D eigenvalue weighted by Gasteiger charge is -2.24. The summed E-state index contributed by atoms with van der Waals surface area (Å²) in [6.07, 6.45) is 4.76. The van der Waals surface area contributed by atoms with Crippen molar-refractivity contribution in [2.24, 2.45) is 0 Å². The van der Waals surface area contributed by atoms with Crippen molar-refractivity contribution in [3.05, 3.63) is 89.2 Å². The maximum Gasteiger partial charge on any atom is 0.530 e. The summed E-state index contributed by atoms with van der Waals surface area (Å²) in [6.45, 7) is 15.7. The van der Waals surface area contributed by atoms with Gasteiger partial charge < -0.3 is 9.26 Å². The van der Waals surface area contributed by atoms with Crippen LogP contribution in [0.4, 0.5) is 10.5 Å². The van der Waals surface area contributed by atoms with Crippen molar-refractivity contribution in [2.45, 2.75) is 64.9 Å². The fraction of sp³-hybridized carbons (Fsp3) is 0.375. The van der Waals surface area contributed by atoms with Crippen molar-refractivity contribution in [3.63, 3.8) is 0 Å². The third-order valence-corrected chi connectivity index (χ3v) is 11.2. The number of aryl methyl sites for hydroxylation is 1. The molecular formula is C32H45N2O6PSi2. The zero-order chi connectivity index (χ0) is 31.5. The number of phosphoric acid groups is 1. The van der Waals surface area contributed by atoms with E-state index in [0.29, 0.717) is 22.7 Å². The average molecular weight is 641 g/mol. The number of ether oxygens (including phenoxy) is 1. The Kier molecular flexibility index (Phi) is 12.5. The van der Waals surface area contributed by atoms with E-state index in [1.807, 2.05) is 61.5 Å². The lowest BCUT2D eigenvalue weighted by atomic mass is 10.1. The first kappa shape index (κ1) is 34.5. The van der Waals surface area contributed by atoms with Crippen LogP contribution in [0.1, 0.15) is 22.4 Å². The molecule has 0 spiro atoms. The zero-order valence-corrected chi connectivity index (χ0v) is 29.3. The molecule has 0 aliphatic rings. The van der Waals surface area contributed by atoms with Crippen molar-refractivity contribution in [2.75, 3.05) is 18.5 Å². The number of aromatic nitrogens is 1. The molecule has 2 aromatic carbocycles. The first-order valence-corrected chi connectivity index (χ1v) is 23.4. The van der Waals surface area contributed by atoms with Crippen LogP contribution >= 0.6 is 7.82 Å². The molecule has 0 saturated heterocycles. The van der Waals surface area contributed by atoms with E-state index in [-0.39, 0.29) is 19.8 Å². The Labute approximate surface area is 258 Å². The summed E-state index contributed by atoms with van der Waals surface area (Å²) >= 11 is 0. The number of rotatable bonds is 15. The number of nitrogens with one attached hydrogen (secondary N) is 1. The number of hydrogen-bond donors (Lipinski definition) is 1. The summed E-state index contributed by atoms with van der Waals surface area (Å²) in [5.41, 5.74) is 3.39. The van der Waals surface area contributed by atoms with E-state index in [0.717, 1.165) is 23.2 Å². The molecule has 0 aliphatic carbocycles. The van der Waals surface area contributed by atoms with Crippen molar-refractivity contribution < 1.29 is 27.7 Å². The first-order chi connectivity index (χ1) is 20.2. The van der Waals surface area contributed by atoms with Crippen molar-refractivity contribution in [3.8, 4) is 5.75 Å². The van der Waals surface area contributed by atoms with E-state index in [1.165, 1.54) is 0 Å². The molecule has 0 aliphatic heterocycles. The SMILES string of the molecule is Cc1cccc(COC(=O)Nc2cccnc2C=Cc2ccccc2)c1OP(=O)(OCC[Si](C)(C)C)OCC[Si](C)(C)C. The number of benzene rings is 2. The van der Waals surface area contributed by atoms with Crippen LogP contribution in [0, 0.1) is 6.92 Å². The van der Waals surface area contributed by atoms with Crippen LogP contribution in [0.25, 0.3) is 12.2 Å². The predicted octanol–water partition coefficient (Wildman–Crippen LogP) is 9.51. The minimum atomic E-state index is -3.94. The van der Waals surface area contributed by atoms with Gasteiger partial charge >= 0.3 is 13.9 Å². The van der Waals surface area contributed by atoms with Crippen LogP contribution in [0.15, 0.2) is 66.9 Å². The molecule has 1 amide bonds.